The summed E-state index contributed by atoms with van der Waals surface area (Å²) >= 11 is 0.384. The quantitative estimate of drug-likeness (QED) is 0.252. The largest absolute Gasteiger partial charge is 0.494 e. The number of urea groups is 1. The summed E-state index contributed by atoms with van der Waals surface area (Å²) in [7, 11) is -4.24. The number of likely N-dealkylation sites (tertiary alicyclic amines) is 1. The van der Waals surface area contributed by atoms with Gasteiger partial charge in [-0.05, 0) is 73.8 Å². The van der Waals surface area contributed by atoms with Crippen LogP contribution < -0.4 is 20.9 Å². The van der Waals surface area contributed by atoms with Crippen LogP contribution in [0.5, 0.6) is 5.88 Å². The molecule has 3 aromatic heterocycles. The van der Waals surface area contributed by atoms with Gasteiger partial charge in [-0.3, -0.25) is 4.79 Å². The van der Waals surface area contributed by atoms with E-state index < -0.39 is 26.7 Å². The van der Waals surface area contributed by atoms with Crippen LogP contribution >= 0.6 is 11.3 Å². The second-order valence-corrected chi connectivity index (χ2v) is 11.9. The lowest BCUT2D eigenvalue weighted by Gasteiger charge is -2.16. The number of benzene rings is 1. The lowest BCUT2D eigenvalue weighted by Crippen LogP contribution is -2.34. The third-order valence-electron chi connectivity index (χ3n) is 6.23. The average molecular weight is 573 g/mol. The fraction of sp³-hybridized carbons (Fsp3) is 0.240. The number of aromatic nitrogens is 2. The van der Waals surface area contributed by atoms with Gasteiger partial charge in [0.05, 0.1) is 11.9 Å². The van der Waals surface area contributed by atoms with Crippen molar-refractivity contribution in [1.82, 2.24) is 19.2 Å². The Labute approximate surface area is 227 Å². The molecule has 1 saturated heterocycles. The summed E-state index contributed by atoms with van der Waals surface area (Å²) in [5.74, 6) is -0.193. The summed E-state index contributed by atoms with van der Waals surface area (Å²) in [5.41, 5.74) is 0.465. The van der Waals surface area contributed by atoms with Gasteiger partial charge >= 0.3 is 6.03 Å². The molecule has 0 spiro atoms. The molecule has 0 atom stereocenters. The Hall–Kier alpha value is -4.01. The summed E-state index contributed by atoms with van der Waals surface area (Å²) < 4.78 is 40.0. The number of nitrogens with zero attached hydrogens (tertiary/aromatic N) is 3. The van der Waals surface area contributed by atoms with Crippen LogP contribution in [0.25, 0.3) is 16.6 Å². The molecule has 0 unspecified atom stereocenters. The van der Waals surface area contributed by atoms with Crippen LogP contribution in [0.15, 0.2) is 63.7 Å². The molecule has 204 valence electrons. The summed E-state index contributed by atoms with van der Waals surface area (Å²) in [6.45, 7) is 3.94. The number of carbonyl (C=O) groups excluding carboxylic acids is 1. The molecule has 14 heteroatoms. The normalized spacial score (nSPS) is 14.0. The highest BCUT2D eigenvalue weighted by molar-refractivity contribution is 7.92. The van der Waals surface area contributed by atoms with Crippen molar-refractivity contribution in [2.45, 2.75) is 17.1 Å². The Balaban J connectivity index is 1.28. The minimum atomic E-state index is -4.24. The average Bonchev–Trinajstić information content (AvgIpc) is 3.57. The summed E-state index contributed by atoms with van der Waals surface area (Å²) in [6, 6.07) is 10.5. The van der Waals surface area contributed by atoms with Crippen LogP contribution in [0.4, 0.5) is 20.6 Å². The summed E-state index contributed by atoms with van der Waals surface area (Å²) in [4.78, 5) is 31.6. The van der Waals surface area contributed by atoms with Crippen molar-refractivity contribution in [3.63, 3.8) is 0 Å². The molecule has 2 amide bonds. The van der Waals surface area contributed by atoms with Gasteiger partial charge in [0.1, 0.15) is 10.0 Å². The fourth-order valence-corrected chi connectivity index (χ4v) is 6.28. The molecule has 4 heterocycles. The van der Waals surface area contributed by atoms with E-state index in [-0.39, 0.29) is 21.6 Å². The number of pyridine rings is 2. The van der Waals surface area contributed by atoms with Gasteiger partial charge in [-0.15, -0.1) is 0 Å². The number of amides is 2. The molecular formula is C25H25FN6O5S2. The van der Waals surface area contributed by atoms with Gasteiger partial charge in [0, 0.05) is 30.2 Å². The molecule has 0 radical (unpaired) electrons. The highest BCUT2D eigenvalue weighted by Gasteiger charge is 2.20. The van der Waals surface area contributed by atoms with E-state index in [0.717, 1.165) is 48.6 Å². The van der Waals surface area contributed by atoms with E-state index in [0.29, 0.717) is 22.1 Å². The van der Waals surface area contributed by atoms with Crippen molar-refractivity contribution < 1.29 is 22.7 Å². The number of hydrogen-bond acceptors (Lipinski definition) is 9. The molecular weight excluding hydrogens is 547 g/mol. The Morgan fingerprint density at radius 3 is 2.54 bits per heavy atom. The highest BCUT2D eigenvalue weighted by Crippen LogP contribution is 2.27. The van der Waals surface area contributed by atoms with E-state index in [2.05, 4.69) is 20.5 Å². The number of carbonyl (C=O) groups is 1. The number of fused-ring (bicyclic) bond motifs is 1. The first-order valence-corrected chi connectivity index (χ1v) is 14.4. The zero-order valence-corrected chi connectivity index (χ0v) is 22.2. The first-order chi connectivity index (χ1) is 18.7. The zero-order valence-electron chi connectivity index (χ0n) is 20.6. The van der Waals surface area contributed by atoms with Gasteiger partial charge in [-0.1, -0.05) is 11.3 Å². The molecule has 0 saturated carbocycles. The van der Waals surface area contributed by atoms with E-state index in [9.17, 15) is 27.5 Å². The fourth-order valence-electron chi connectivity index (χ4n) is 4.37. The second-order valence-electron chi connectivity index (χ2n) is 8.94. The number of hydrogen-bond donors (Lipinski definition) is 4. The topological polar surface area (TPSA) is 146 Å². The number of halogens is 1. The van der Waals surface area contributed by atoms with Crippen molar-refractivity contribution in [2.24, 2.45) is 0 Å². The first-order valence-electron chi connectivity index (χ1n) is 12.1. The minimum absolute atomic E-state index is 0.0971. The molecule has 0 aliphatic carbocycles. The van der Waals surface area contributed by atoms with Crippen LogP contribution in [-0.4, -0.2) is 60.2 Å². The Morgan fingerprint density at radius 1 is 1.08 bits per heavy atom. The molecule has 4 N–H and O–H groups in total. The zero-order chi connectivity index (χ0) is 27.6. The monoisotopic (exact) mass is 572 g/mol. The molecule has 1 aromatic carbocycles. The SMILES string of the molecule is O=C(Nc1ccc(-n2c(O)c3ccc(NCCN4CCCC4)cc3cc2=O)nc1)NS(=O)(=O)c1ccc(F)s1. The number of thiophene rings is 1. The number of aromatic hydroxyl groups is 1. The van der Waals surface area contributed by atoms with Gasteiger partial charge in [-0.25, -0.2) is 27.5 Å². The number of rotatable bonds is 8. The van der Waals surface area contributed by atoms with Crippen LogP contribution in [0, 0.1) is 5.13 Å². The van der Waals surface area contributed by atoms with Gasteiger partial charge in [0.15, 0.2) is 5.13 Å². The van der Waals surface area contributed by atoms with Crippen LogP contribution in [-0.2, 0) is 10.0 Å². The lowest BCUT2D eigenvalue weighted by molar-refractivity contribution is 0.256. The maximum atomic E-state index is 13.1. The van der Waals surface area contributed by atoms with E-state index in [1.807, 2.05) is 12.1 Å². The molecule has 0 bridgehead atoms. The van der Waals surface area contributed by atoms with E-state index in [4.69, 9.17) is 0 Å². The molecule has 11 nitrogen and oxygen atoms in total. The van der Waals surface area contributed by atoms with E-state index in [1.165, 1.54) is 37.2 Å². The predicted octanol–water partition coefficient (Wildman–Crippen LogP) is 3.31. The van der Waals surface area contributed by atoms with Crippen molar-refractivity contribution in [2.75, 3.05) is 36.8 Å². The van der Waals surface area contributed by atoms with Crippen molar-refractivity contribution in [3.8, 4) is 11.7 Å². The highest BCUT2D eigenvalue weighted by atomic mass is 32.2. The number of sulfonamides is 1. The first kappa shape index (κ1) is 26.6. The van der Waals surface area contributed by atoms with Crippen LogP contribution in [0.3, 0.4) is 0 Å². The van der Waals surface area contributed by atoms with Gasteiger partial charge < -0.3 is 20.6 Å². The van der Waals surface area contributed by atoms with Crippen LogP contribution in [0.1, 0.15) is 12.8 Å². The van der Waals surface area contributed by atoms with E-state index in [1.54, 1.807) is 10.8 Å². The molecule has 1 aliphatic heterocycles. The van der Waals surface area contributed by atoms with Crippen molar-refractivity contribution in [1.29, 1.82) is 0 Å². The number of nitrogens with one attached hydrogen (secondary N) is 3. The Morgan fingerprint density at radius 2 is 1.85 bits per heavy atom. The summed E-state index contributed by atoms with van der Waals surface area (Å²) in [6.07, 6.45) is 3.67. The van der Waals surface area contributed by atoms with Gasteiger partial charge in [-0.2, -0.15) is 4.39 Å². The molecule has 1 aliphatic rings. The maximum absolute atomic E-state index is 13.1. The molecule has 4 aromatic rings. The maximum Gasteiger partial charge on any atom is 0.333 e. The standard InChI is InChI=1S/C25H25FN6O5S2/c26-20-6-8-23(38-20)39(36,37)30-25(35)29-18-4-7-21(28-15-18)32-22(33)14-16-13-17(3-5-19(16)24(32)34)27-9-12-31-10-1-2-11-31/h3-8,13-15,27,34H,1-2,9-12H2,(H2,29,30,35). The minimum Gasteiger partial charge on any atom is -0.494 e. The molecule has 39 heavy (non-hydrogen) atoms. The predicted molar refractivity (Wildman–Crippen MR) is 147 cm³/mol. The van der Waals surface area contributed by atoms with Gasteiger partial charge in [0.2, 0.25) is 5.88 Å². The Bertz CT molecular complexity index is 1680. The van der Waals surface area contributed by atoms with Crippen molar-refractivity contribution >= 4 is 49.5 Å². The molecule has 5 rings (SSSR count). The summed E-state index contributed by atoms with van der Waals surface area (Å²) in [5, 5.41) is 16.9. The lowest BCUT2D eigenvalue weighted by atomic mass is 10.1. The van der Waals surface area contributed by atoms with Crippen molar-refractivity contribution in [3.05, 3.63) is 70.2 Å². The van der Waals surface area contributed by atoms with Crippen LogP contribution in [0.2, 0.25) is 0 Å². The van der Waals surface area contributed by atoms with E-state index >= 15 is 0 Å². The Kier molecular flexibility index (Phi) is 7.50. The smallest absolute Gasteiger partial charge is 0.333 e. The third-order valence-corrected chi connectivity index (χ3v) is 8.93. The molecule has 1 fully saturated rings. The van der Waals surface area contributed by atoms with Gasteiger partial charge in [0.25, 0.3) is 15.6 Å². The second kappa shape index (κ2) is 11.0. The number of anilines is 2. The third kappa shape index (κ3) is 6.02.